The molecule has 0 atom stereocenters. The van der Waals surface area contributed by atoms with E-state index in [4.69, 9.17) is 21.8 Å². The molecule has 0 radical (unpaired) electrons. The number of hydrogen-bond donors (Lipinski definition) is 3. The first kappa shape index (κ1) is 24.5. The minimum Gasteiger partial charge on any atom is -0.506 e. The zero-order valence-corrected chi connectivity index (χ0v) is 20.3. The SMILES string of the molecule is NCc1oc(-c2ccc(O)c3nc(C(F)(F)F)ccc23)nc1CCNCc1csc2cc(Cl)ccc12. The number of nitrogens with one attached hydrogen (secondary N) is 1. The number of benzene rings is 2. The number of rotatable bonds is 7. The van der Waals surface area contributed by atoms with E-state index in [-0.39, 0.29) is 23.7 Å². The summed E-state index contributed by atoms with van der Waals surface area (Å²) in [6.45, 7) is 1.39. The van der Waals surface area contributed by atoms with Crippen LogP contribution in [0.2, 0.25) is 5.02 Å². The van der Waals surface area contributed by atoms with Gasteiger partial charge >= 0.3 is 6.18 Å². The summed E-state index contributed by atoms with van der Waals surface area (Å²) >= 11 is 7.71. The number of pyridine rings is 1. The molecule has 0 saturated heterocycles. The Kier molecular flexibility index (Phi) is 6.60. The minimum absolute atomic E-state index is 0.116. The van der Waals surface area contributed by atoms with Crippen LogP contribution in [0, 0.1) is 0 Å². The second-order valence-corrected chi connectivity index (χ2v) is 9.49. The summed E-state index contributed by atoms with van der Waals surface area (Å²) in [6, 6.07) is 10.8. The van der Waals surface area contributed by atoms with Crippen LogP contribution in [0.1, 0.15) is 22.7 Å². The molecule has 0 aliphatic heterocycles. The number of fused-ring (bicyclic) bond motifs is 2. The first-order valence-electron chi connectivity index (χ1n) is 11.0. The lowest BCUT2D eigenvalue weighted by atomic mass is 10.1. The van der Waals surface area contributed by atoms with Crippen LogP contribution in [0.3, 0.4) is 0 Å². The van der Waals surface area contributed by atoms with Crippen LogP contribution in [0.25, 0.3) is 32.4 Å². The highest BCUT2D eigenvalue weighted by molar-refractivity contribution is 7.17. The monoisotopic (exact) mass is 532 g/mol. The molecule has 6 nitrogen and oxygen atoms in total. The predicted octanol–water partition coefficient (Wildman–Crippen LogP) is 6.27. The molecule has 0 amide bonds. The van der Waals surface area contributed by atoms with E-state index in [0.717, 1.165) is 16.2 Å². The molecule has 11 heteroatoms. The molecule has 2 aromatic carbocycles. The molecule has 0 aliphatic carbocycles. The van der Waals surface area contributed by atoms with Gasteiger partial charge in [-0.25, -0.2) is 9.97 Å². The fourth-order valence-electron chi connectivity index (χ4n) is 4.02. The maximum Gasteiger partial charge on any atom is 0.433 e. The van der Waals surface area contributed by atoms with Crippen LogP contribution in [-0.2, 0) is 25.7 Å². The summed E-state index contributed by atoms with van der Waals surface area (Å²) in [5.41, 5.74) is 6.84. The number of halogens is 4. The summed E-state index contributed by atoms with van der Waals surface area (Å²) in [6.07, 6.45) is -4.09. The highest BCUT2D eigenvalue weighted by Crippen LogP contribution is 2.36. The fraction of sp³-hybridized carbons (Fsp3) is 0.200. The predicted molar refractivity (Wildman–Crippen MR) is 134 cm³/mol. The van der Waals surface area contributed by atoms with Gasteiger partial charge in [-0.2, -0.15) is 13.2 Å². The van der Waals surface area contributed by atoms with Crippen molar-refractivity contribution in [3.63, 3.8) is 0 Å². The van der Waals surface area contributed by atoms with Gasteiger partial charge in [0, 0.05) is 40.2 Å². The Morgan fingerprint density at radius 2 is 1.89 bits per heavy atom. The van der Waals surface area contributed by atoms with Crippen molar-refractivity contribution < 1.29 is 22.7 Å². The van der Waals surface area contributed by atoms with E-state index in [1.807, 2.05) is 18.2 Å². The molecule has 186 valence electrons. The van der Waals surface area contributed by atoms with E-state index in [9.17, 15) is 18.3 Å². The summed E-state index contributed by atoms with van der Waals surface area (Å²) in [5.74, 6) is 0.333. The fourth-order valence-corrected chi connectivity index (χ4v) is 5.26. The molecule has 0 aliphatic rings. The lowest BCUT2D eigenvalue weighted by molar-refractivity contribution is -0.140. The van der Waals surface area contributed by atoms with Gasteiger partial charge in [-0.3, -0.25) is 0 Å². The van der Waals surface area contributed by atoms with Crippen LogP contribution in [0.15, 0.2) is 52.3 Å². The normalized spacial score (nSPS) is 12.1. The lowest BCUT2D eigenvalue weighted by Crippen LogP contribution is -2.17. The number of nitrogens with zero attached hydrogens (tertiary/aromatic N) is 2. The second-order valence-electron chi connectivity index (χ2n) is 8.14. The molecule has 36 heavy (non-hydrogen) atoms. The first-order chi connectivity index (χ1) is 17.2. The van der Waals surface area contributed by atoms with E-state index in [1.54, 1.807) is 11.3 Å². The molecule has 3 heterocycles. The van der Waals surface area contributed by atoms with Crippen molar-refractivity contribution in [3.8, 4) is 17.2 Å². The molecule has 5 rings (SSSR count). The number of alkyl halides is 3. The van der Waals surface area contributed by atoms with E-state index in [0.29, 0.717) is 46.9 Å². The lowest BCUT2D eigenvalue weighted by Gasteiger charge is -2.09. The third-order valence-corrected chi connectivity index (χ3v) is 7.02. The van der Waals surface area contributed by atoms with Gasteiger partial charge < -0.3 is 20.6 Å². The summed E-state index contributed by atoms with van der Waals surface area (Å²) in [7, 11) is 0. The summed E-state index contributed by atoms with van der Waals surface area (Å²) < 4.78 is 46.3. The van der Waals surface area contributed by atoms with Crippen molar-refractivity contribution >= 4 is 43.9 Å². The Hall–Kier alpha value is -3.18. The number of hydrogen-bond acceptors (Lipinski definition) is 7. The van der Waals surface area contributed by atoms with Gasteiger partial charge in [0.05, 0.1) is 12.2 Å². The van der Waals surface area contributed by atoms with Crippen LogP contribution in [0.5, 0.6) is 5.75 Å². The zero-order chi connectivity index (χ0) is 25.4. The third-order valence-electron chi connectivity index (χ3n) is 5.79. The van der Waals surface area contributed by atoms with Crippen molar-refractivity contribution in [2.75, 3.05) is 6.54 Å². The number of nitrogens with two attached hydrogens (primary N) is 1. The molecular formula is C25H20ClF3N4O2S. The Morgan fingerprint density at radius 1 is 1.08 bits per heavy atom. The van der Waals surface area contributed by atoms with Gasteiger partial charge in [0.2, 0.25) is 5.89 Å². The Labute approximate surface area is 212 Å². The topological polar surface area (TPSA) is 97.2 Å². The third kappa shape index (κ3) is 4.77. The Balaban J connectivity index is 1.35. The molecule has 0 bridgehead atoms. The van der Waals surface area contributed by atoms with Gasteiger partial charge in [0.25, 0.3) is 0 Å². The number of aromatic hydroxyl groups is 1. The zero-order valence-electron chi connectivity index (χ0n) is 18.7. The van der Waals surface area contributed by atoms with Crippen molar-refractivity contribution in [1.29, 1.82) is 0 Å². The highest BCUT2D eigenvalue weighted by Gasteiger charge is 2.33. The van der Waals surface area contributed by atoms with E-state index < -0.39 is 11.9 Å². The van der Waals surface area contributed by atoms with Crippen LogP contribution in [0.4, 0.5) is 13.2 Å². The van der Waals surface area contributed by atoms with Crippen molar-refractivity contribution in [3.05, 3.63) is 75.6 Å². The molecule has 0 unspecified atom stereocenters. The molecule has 0 saturated carbocycles. The molecule has 3 aromatic heterocycles. The quantitative estimate of drug-likeness (QED) is 0.214. The number of phenolic OH excluding ortho intramolecular Hbond substituents is 1. The largest absolute Gasteiger partial charge is 0.506 e. The van der Waals surface area contributed by atoms with Gasteiger partial charge in [0.1, 0.15) is 22.7 Å². The molecule has 0 fully saturated rings. The van der Waals surface area contributed by atoms with E-state index >= 15 is 0 Å². The smallest absolute Gasteiger partial charge is 0.433 e. The second kappa shape index (κ2) is 9.70. The number of phenols is 1. The number of thiophene rings is 1. The van der Waals surface area contributed by atoms with Gasteiger partial charge in [0.15, 0.2) is 0 Å². The van der Waals surface area contributed by atoms with Crippen molar-refractivity contribution in [2.45, 2.75) is 25.7 Å². The first-order valence-corrected chi connectivity index (χ1v) is 12.3. The minimum atomic E-state index is -4.63. The molecular weight excluding hydrogens is 513 g/mol. The van der Waals surface area contributed by atoms with Crippen LogP contribution in [-0.4, -0.2) is 21.6 Å². The van der Waals surface area contributed by atoms with E-state index in [1.165, 1.54) is 23.8 Å². The van der Waals surface area contributed by atoms with Crippen LogP contribution < -0.4 is 11.1 Å². The Bertz CT molecular complexity index is 1560. The molecule has 4 N–H and O–H groups in total. The molecule has 0 spiro atoms. The maximum absolute atomic E-state index is 13.1. The van der Waals surface area contributed by atoms with Crippen molar-refractivity contribution in [1.82, 2.24) is 15.3 Å². The summed E-state index contributed by atoms with van der Waals surface area (Å²) in [4.78, 5) is 8.17. The average molecular weight is 533 g/mol. The maximum atomic E-state index is 13.1. The number of aromatic nitrogens is 2. The molecule has 5 aromatic rings. The van der Waals surface area contributed by atoms with E-state index in [2.05, 4.69) is 20.7 Å². The highest BCUT2D eigenvalue weighted by atomic mass is 35.5. The summed E-state index contributed by atoms with van der Waals surface area (Å²) in [5, 5.41) is 17.8. The van der Waals surface area contributed by atoms with Crippen molar-refractivity contribution in [2.24, 2.45) is 5.73 Å². The van der Waals surface area contributed by atoms with Gasteiger partial charge in [-0.15, -0.1) is 11.3 Å². The number of oxazole rings is 1. The van der Waals surface area contributed by atoms with Crippen LogP contribution >= 0.6 is 22.9 Å². The Morgan fingerprint density at radius 3 is 2.67 bits per heavy atom. The average Bonchev–Trinajstić information content (AvgIpc) is 3.44. The standard InChI is InChI=1S/C25H20ClF3N4O2S/c26-14-1-2-15-13(12-36-21(15)9-14)11-31-8-7-18-20(10-30)35-24(32-18)17-3-5-19(34)23-16(17)4-6-22(33-23)25(27,28)29/h1-6,9,12,31,34H,7-8,10-11,30H2. The van der Waals surface area contributed by atoms with Gasteiger partial charge in [-0.05, 0) is 52.7 Å². The van der Waals surface area contributed by atoms with Gasteiger partial charge in [-0.1, -0.05) is 17.7 Å².